The first-order valence-electron chi connectivity index (χ1n) is 36.3. The van der Waals surface area contributed by atoms with Gasteiger partial charge in [0, 0.05) is 57.2 Å². The highest BCUT2D eigenvalue weighted by atomic mass is 79.9. The number of halogens is 30. The van der Waals surface area contributed by atoms with Crippen molar-refractivity contribution >= 4 is 141 Å². The summed E-state index contributed by atoms with van der Waals surface area (Å²) in [5.74, 6) is -10.9. The van der Waals surface area contributed by atoms with Gasteiger partial charge in [-0.1, -0.05) is 41.4 Å². The fraction of sp³-hybridized carbons (Fsp3) is 0.296. The van der Waals surface area contributed by atoms with E-state index in [4.69, 9.17) is 23.2 Å². The van der Waals surface area contributed by atoms with Gasteiger partial charge in [-0.15, -0.1) is 0 Å². The van der Waals surface area contributed by atoms with E-state index in [1.54, 1.807) is 0 Å². The molecule has 3 atom stereocenters. The molecule has 9 aromatic rings. The maximum absolute atomic E-state index is 15.8. The molecule has 0 bridgehead atoms. The van der Waals surface area contributed by atoms with Crippen molar-refractivity contribution in [2.24, 2.45) is 17.8 Å². The SMILES string of the molecule is CC(F)(c1cc(Br)c(NC(=O)c2cccc(N(CC3CC3)C(=O)c3ccc(Cl)nc3)c2F)c(C(F)(F)F)c1)C(F)(F)F.CC(F)(c1cc(Br)c(NC(=O)c2cccc(N(CC3CC3)C(=O)c3ccc(F)nc3)c2F)c(C(F)(F)F)c1)C(F)(F)F.CC(F)(c1cc(Br)c(NC(=O)c2cccc(N(CC3CC3)C(=O)c3ccnc(Cl)c3)c2F)c(C(F)(F)F)c1)C(F)(F)F. The molecule has 15 nitrogen and oxygen atoms in total. The summed E-state index contributed by atoms with van der Waals surface area (Å²) in [6.45, 7) is 0.337. The van der Waals surface area contributed by atoms with Crippen LogP contribution in [0.2, 0.25) is 10.3 Å². The minimum atomic E-state index is -5.56. The molecule has 3 saturated carbocycles. The normalized spacial score (nSPS) is 15.2. The second-order valence-corrected chi connectivity index (χ2v) is 32.4. The van der Waals surface area contributed by atoms with E-state index < -0.39 is 199 Å². The molecule has 0 aliphatic heterocycles. The molecule has 3 N–H and O–H groups in total. The number of alkyl halides is 21. The number of nitrogens with zero attached hydrogens (tertiary/aromatic N) is 6. The molecule has 672 valence electrons. The molecule has 0 spiro atoms. The highest BCUT2D eigenvalue weighted by molar-refractivity contribution is 9.11. The molecule has 3 aliphatic carbocycles. The molecule has 6 amide bonds. The standard InChI is InChI=1S/2C27H19BrClF8N3O2.C27H19BrF9N3O2/c1-25(31,27(35,36)37)15-9-17(26(32,33)34)22(18(28)10-15)39-23(41)16-3-2-4-19(21(16)30)40(12-13-5-6-13)24(42)14-7-8-20(29)38-11-14;1-25(31,27(35,36)37)15-10-17(26(32,33)34)22(18(28)11-15)39-23(41)16-3-2-4-19(21(16)30)40(12-13-5-6-13)24(42)14-7-8-38-20(29)9-14;1-25(31,27(35,36)37)15-9-17(26(32,33)34)22(18(28)10-15)39-23(41)16-3-2-4-19(21(16)30)40(12-13-5-6-13)24(42)14-7-8-20(29)38-11-14/h3*2-4,7-11,13H,5-6,12H2,1H3,(H,39,41). The van der Waals surface area contributed by atoms with Crippen molar-refractivity contribution < 1.29 is 139 Å². The van der Waals surface area contributed by atoms with E-state index in [1.807, 2.05) is 16.0 Å². The number of nitrogens with one attached hydrogen (secondary N) is 3. The van der Waals surface area contributed by atoms with Crippen LogP contribution in [0.1, 0.15) is 155 Å². The molecule has 45 heteroatoms. The zero-order valence-corrected chi connectivity index (χ0v) is 70.2. The Hall–Kier alpha value is -10.1. The van der Waals surface area contributed by atoms with Crippen molar-refractivity contribution in [3.8, 4) is 0 Å². The molecule has 3 aromatic heterocycles. The van der Waals surface area contributed by atoms with Gasteiger partial charge in [-0.05, 0) is 251 Å². The monoisotopic (exact) mass is 2030 g/mol. The summed E-state index contributed by atoms with van der Waals surface area (Å²) in [6.07, 6.45) is -24.8. The molecule has 3 fully saturated rings. The zero-order valence-electron chi connectivity index (χ0n) is 63.9. The number of hydrogen-bond donors (Lipinski definition) is 3. The molecular weight excluding hydrogens is 1980 g/mol. The van der Waals surface area contributed by atoms with E-state index in [2.05, 4.69) is 62.7 Å². The van der Waals surface area contributed by atoms with E-state index in [1.165, 1.54) is 67.0 Å². The number of carbonyl (C=O) groups is 6. The lowest BCUT2D eigenvalue weighted by atomic mass is 9.94. The van der Waals surface area contributed by atoms with Crippen LogP contribution in [-0.4, -0.2) is 88.6 Å². The van der Waals surface area contributed by atoms with Gasteiger partial charge in [-0.25, -0.2) is 41.3 Å². The fourth-order valence-electron chi connectivity index (χ4n) is 12.0. The summed E-state index contributed by atoms with van der Waals surface area (Å²) in [5, 5.41) is 5.69. The van der Waals surface area contributed by atoms with Crippen molar-refractivity contribution in [2.75, 3.05) is 50.3 Å². The van der Waals surface area contributed by atoms with Crippen molar-refractivity contribution in [2.45, 2.75) is 113 Å². The Morgan fingerprint density at radius 1 is 0.373 bits per heavy atom. The van der Waals surface area contributed by atoms with Crippen LogP contribution in [0.3, 0.4) is 0 Å². The third-order valence-corrected chi connectivity index (χ3v) is 22.0. The van der Waals surface area contributed by atoms with Crippen LogP contribution in [0.25, 0.3) is 0 Å². The third kappa shape index (κ3) is 22.5. The first-order chi connectivity index (χ1) is 58.2. The Balaban J connectivity index is 0.000000197. The van der Waals surface area contributed by atoms with Crippen molar-refractivity contribution in [3.63, 3.8) is 0 Å². The first-order valence-corrected chi connectivity index (χ1v) is 39.5. The quantitative estimate of drug-likeness (QED) is 0.0465. The van der Waals surface area contributed by atoms with Gasteiger partial charge < -0.3 is 30.7 Å². The molecule has 6 aromatic carbocycles. The number of aromatic nitrogens is 3. The average Bonchev–Trinajstić information content (AvgIpc) is 1.06. The van der Waals surface area contributed by atoms with Crippen LogP contribution < -0.4 is 30.7 Å². The Morgan fingerprint density at radius 3 is 0.921 bits per heavy atom. The van der Waals surface area contributed by atoms with Crippen LogP contribution in [0.5, 0.6) is 0 Å². The number of pyridine rings is 3. The minimum absolute atomic E-state index is 0.000872. The summed E-state index contributed by atoms with van der Waals surface area (Å²) in [7, 11) is 0. The Kier molecular flexibility index (Phi) is 29.0. The van der Waals surface area contributed by atoms with Gasteiger partial charge in [0.25, 0.3) is 35.4 Å². The van der Waals surface area contributed by atoms with Crippen LogP contribution in [-0.2, 0) is 35.5 Å². The predicted octanol–water partition coefficient (Wildman–Crippen LogP) is 25.6. The highest BCUT2D eigenvalue weighted by Gasteiger charge is 2.57. The lowest BCUT2D eigenvalue weighted by Gasteiger charge is -2.26. The topological polar surface area (TPSA) is 187 Å². The first kappa shape index (κ1) is 98.0. The van der Waals surface area contributed by atoms with Gasteiger partial charge in [-0.3, -0.25) is 28.8 Å². The van der Waals surface area contributed by atoms with Crippen LogP contribution in [0, 0.1) is 41.2 Å². The smallest absolute Gasteiger partial charge is 0.320 e. The van der Waals surface area contributed by atoms with Crippen LogP contribution in [0.4, 0.5) is 144 Å². The van der Waals surface area contributed by atoms with E-state index >= 15 is 13.2 Å². The molecule has 12 rings (SSSR count). The van der Waals surface area contributed by atoms with Crippen molar-refractivity contribution in [3.05, 3.63) is 260 Å². The maximum Gasteiger partial charge on any atom is 0.426 e. The molecular formula is C81H57Br3Cl2F25N9O6. The van der Waals surface area contributed by atoms with Gasteiger partial charge in [0.1, 0.15) is 10.3 Å². The lowest BCUT2D eigenvalue weighted by Crippen LogP contribution is -2.35. The summed E-state index contributed by atoms with van der Waals surface area (Å²) in [4.78, 5) is 93.1. The average molecular weight is 2040 g/mol. The number of amides is 6. The van der Waals surface area contributed by atoms with Crippen molar-refractivity contribution in [1.82, 2.24) is 15.0 Å². The number of anilines is 6. The summed E-state index contributed by atoms with van der Waals surface area (Å²) < 4.78 is 346. The Morgan fingerprint density at radius 2 is 0.667 bits per heavy atom. The Bertz CT molecular complexity index is 5440. The molecule has 3 unspecified atom stereocenters. The van der Waals surface area contributed by atoms with Gasteiger partial charge in [0.05, 0.1) is 78.6 Å². The second-order valence-electron chi connectivity index (χ2n) is 29.1. The minimum Gasteiger partial charge on any atom is -0.320 e. The molecule has 0 saturated heterocycles. The number of rotatable bonds is 21. The maximum atomic E-state index is 15.8. The lowest BCUT2D eigenvalue weighted by molar-refractivity contribution is -0.229. The number of benzene rings is 6. The number of carbonyl (C=O) groups excluding carboxylic acids is 6. The van der Waals surface area contributed by atoms with Crippen LogP contribution in [0.15, 0.2) is 159 Å². The second kappa shape index (κ2) is 37.3. The molecule has 3 aliphatic rings. The van der Waals surface area contributed by atoms with E-state index in [9.17, 15) is 125 Å². The third-order valence-electron chi connectivity index (χ3n) is 19.7. The van der Waals surface area contributed by atoms with E-state index in [0.29, 0.717) is 18.2 Å². The number of hydrogen-bond acceptors (Lipinski definition) is 9. The zero-order chi connectivity index (χ0) is 93.6. The largest absolute Gasteiger partial charge is 0.426 e. The Labute approximate surface area is 731 Å². The fourth-order valence-corrected chi connectivity index (χ4v) is 13.9. The summed E-state index contributed by atoms with van der Waals surface area (Å²) in [6, 6.07) is 18.5. The van der Waals surface area contributed by atoms with Gasteiger partial charge in [0.2, 0.25) is 23.0 Å². The van der Waals surface area contributed by atoms with Crippen LogP contribution >= 0.6 is 71.0 Å². The van der Waals surface area contributed by atoms with Gasteiger partial charge in [0.15, 0.2) is 17.5 Å². The van der Waals surface area contributed by atoms with Crippen molar-refractivity contribution in [1.29, 1.82) is 0 Å². The highest BCUT2D eigenvalue weighted by Crippen LogP contribution is 2.52. The molecule has 126 heavy (non-hydrogen) atoms. The predicted molar refractivity (Wildman–Crippen MR) is 420 cm³/mol. The van der Waals surface area contributed by atoms with Gasteiger partial charge >= 0.3 is 37.1 Å². The van der Waals surface area contributed by atoms with E-state index in [0.717, 1.165) is 95.8 Å². The summed E-state index contributed by atoms with van der Waals surface area (Å²) in [5.41, 5.74) is -28.6. The molecule has 3 heterocycles. The summed E-state index contributed by atoms with van der Waals surface area (Å²) >= 11 is 19.7. The van der Waals surface area contributed by atoms with E-state index in [-0.39, 0.29) is 115 Å². The van der Waals surface area contributed by atoms with Gasteiger partial charge in [-0.2, -0.15) is 83.4 Å². The molecule has 0 radical (unpaired) electrons.